The molecule has 0 spiro atoms. The minimum Gasteiger partial charge on any atom is -0.481 e. The van der Waals surface area contributed by atoms with E-state index < -0.39 is 42.5 Å². The molecule has 0 heterocycles. The Balaban J connectivity index is 2.88. The van der Waals surface area contributed by atoms with Gasteiger partial charge >= 0.3 is 11.9 Å². The Labute approximate surface area is 126 Å². The van der Waals surface area contributed by atoms with Crippen molar-refractivity contribution in [3.63, 3.8) is 0 Å². The predicted molar refractivity (Wildman–Crippen MR) is 75.6 cm³/mol. The number of nitrogens with two attached hydrogens (primary N) is 1. The molecule has 3 atom stereocenters. The van der Waals surface area contributed by atoms with Gasteiger partial charge in [0.15, 0.2) is 6.04 Å². The summed E-state index contributed by atoms with van der Waals surface area (Å²) >= 11 is 0. The summed E-state index contributed by atoms with van der Waals surface area (Å²) in [6.45, 7) is 0. The third-order valence-electron chi connectivity index (χ3n) is 2.94. The number of rotatable bonds is 7. The van der Waals surface area contributed by atoms with Crippen LogP contribution >= 0.6 is 0 Å². The highest BCUT2D eigenvalue weighted by Crippen LogP contribution is 2.17. The van der Waals surface area contributed by atoms with Crippen LogP contribution in [0.4, 0.5) is 0 Å². The lowest BCUT2D eigenvalue weighted by Gasteiger charge is -2.23. The van der Waals surface area contributed by atoms with Crippen molar-refractivity contribution in [3.8, 4) is 0 Å². The van der Waals surface area contributed by atoms with Gasteiger partial charge in [0.25, 0.3) is 0 Å². The van der Waals surface area contributed by atoms with Gasteiger partial charge in [-0.3, -0.25) is 9.59 Å². The number of aliphatic carboxylic acids is 1. The van der Waals surface area contributed by atoms with Crippen molar-refractivity contribution in [1.82, 2.24) is 5.32 Å². The first-order chi connectivity index (χ1) is 10.4. The molecular formula is C14H18N2O6. The normalized spacial score (nSPS) is 14.5. The van der Waals surface area contributed by atoms with Gasteiger partial charge in [-0.2, -0.15) is 0 Å². The van der Waals surface area contributed by atoms with E-state index in [-0.39, 0.29) is 0 Å². The van der Waals surface area contributed by atoms with Crippen molar-refractivity contribution >= 4 is 17.8 Å². The summed E-state index contributed by atoms with van der Waals surface area (Å²) in [5.41, 5.74) is 5.81. The molecule has 5 N–H and O–H groups in total. The summed E-state index contributed by atoms with van der Waals surface area (Å²) in [5, 5.41) is 21.0. The van der Waals surface area contributed by atoms with E-state index in [1.165, 1.54) is 0 Å². The lowest BCUT2D eigenvalue weighted by molar-refractivity contribution is -0.149. The molecule has 0 saturated carbocycles. The SMILES string of the molecule is COC(=O)[C@@H](NC(=O)[C@@H](N)CC(=O)O)[C@@H](O)c1ccccc1. The van der Waals surface area contributed by atoms with Crippen LogP contribution in [0.1, 0.15) is 18.1 Å². The van der Waals surface area contributed by atoms with Crippen LogP contribution in [0.25, 0.3) is 0 Å². The number of aliphatic hydroxyl groups excluding tert-OH is 1. The van der Waals surface area contributed by atoms with Crippen LogP contribution in [0, 0.1) is 0 Å². The molecule has 120 valence electrons. The Morgan fingerprint density at radius 3 is 2.36 bits per heavy atom. The number of esters is 1. The number of benzene rings is 1. The quantitative estimate of drug-likeness (QED) is 0.482. The van der Waals surface area contributed by atoms with Gasteiger partial charge in [0.05, 0.1) is 19.6 Å². The molecule has 0 aliphatic heterocycles. The number of hydrogen-bond acceptors (Lipinski definition) is 6. The number of nitrogens with one attached hydrogen (secondary N) is 1. The molecule has 0 bridgehead atoms. The van der Waals surface area contributed by atoms with E-state index in [1.807, 2.05) is 0 Å². The molecule has 0 unspecified atom stereocenters. The third-order valence-corrected chi connectivity index (χ3v) is 2.94. The summed E-state index contributed by atoms with van der Waals surface area (Å²) in [5.74, 6) is -2.99. The average molecular weight is 310 g/mol. The number of amides is 1. The van der Waals surface area contributed by atoms with E-state index >= 15 is 0 Å². The molecular weight excluding hydrogens is 292 g/mol. The highest BCUT2D eigenvalue weighted by atomic mass is 16.5. The highest BCUT2D eigenvalue weighted by molar-refractivity contribution is 5.90. The predicted octanol–water partition coefficient (Wildman–Crippen LogP) is -0.820. The summed E-state index contributed by atoms with van der Waals surface area (Å²) in [6.07, 6.45) is -1.95. The van der Waals surface area contributed by atoms with Gasteiger partial charge in [0.2, 0.25) is 5.91 Å². The minimum absolute atomic E-state index is 0.394. The highest BCUT2D eigenvalue weighted by Gasteiger charge is 2.32. The Kier molecular flexibility index (Phi) is 6.48. The van der Waals surface area contributed by atoms with Gasteiger partial charge in [-0.15, -0.1) is 0 Å². The second-order valence-corrected chi connectivity index (χ2v) is 4.57. The molecule has 0 aliphatic carbocycles. The van der Waals surface area contributed by atoms with Crippen LogP contribution in [0.5, 0.6) is 0 Å². The lowest BCUT2D eigenvalue weighted by atomic mass is 10.0. The van der Waals surface area contributed by atoms with Crippen LogP contribution in [0.2, 0.25) is 0 Å². The number of aliphatic hydroxyl groups is 1. The molecule has 22 heavy (non-hydrogen) atoms. The Morgan fingerprint density at radius 1 is 1.27 bits per heavy atom. The Morgan fingerprint density at radius 2 is 1.86 bits per heavy atom. The zero-order valence-electron chi connectivity index (χ0n) is 11.9. The van der Waals surface area contributed by atoms with Crippen LogP contribution in [-0.2, 0) is 19.1 Å². The van der Waals surface area contributed by atoms with Gasteiger partial charge < -0.3 is 26.0 Å². The van der Waals surface area contributed by atoms with Crippen LogP contribution in [0.3, 0.4) is 0 Å². The monoisotopic (exact) mass is 310 g/mol. The minimum atomic E-state index is -1.39. The van der Waals surface area contributed by atoms with Crippen molar-refractivity contribution in [1.29, 1.82) is 0 Å². The standard InChI is InChI=1S/C14H18N2O6/c1-22-14(21)11(12(19)8-5-3-2-4-6-8)16-13(20)9(15)7-10(17)18/h2-6,9,11-12,19H,7,15H2,1H3,(H,16,20)(H,17,18)/t9-,11-,12-/m0/s1. The maximum atomic E-state index is 11.8. The zero-order valence-corrected chi connectivity index (χ0v) is 11.9. The van der Waals surface area contributed by atoms with Crippen molar-refractivity contribution in [3.05, 3.63) is 35.9 Å². The molecule has 1 rings (SSSR count). The van der Waals surface area contributed by atoms with Gasteiger partial charge in [0.1, 0.15) is 6.10 Å². The van der Waals surface area contributed by atoms with E-state index in [9.17, 15) is 19.5 Å². The Hall–Kier alpha value is -2.45. The van der Waals surface area contributed by atoms with Crippen LogP contribution in [-0.4, -0.2) is 47.3 Å². The number of carboxylic acids is 1. The van der Waals surface area contributed by atoms with Crippen LogP contribution < -0.4 is 11.1 Å². The largest absolute Gasteiger partial charge is 0.481 e. The molecule has 8 heteroatoms. The smallest absolute Gasteiger partial charge is 0.331 e. The van der Waals surface area contributed by atoms with E-state index in [4.69, 9.17) is 10.8 Å². The number of carbonyl (C=O) groups is 3. The summed E-state index contributed by atoms with van der Waals surface area (Å²) in [7, 11) is 1.11. The van der Waals surface area contributed by atoms with E-state index in [1.54, 1.807) is 30.3 Å². The molecule has 1 amide bonds. The van der Waals surface area contributed by atoms with Gasteiger partial charge in [-0.1, -0.05) is 30.3 Å². The summed E-state index contributed by atoms with van der Waals surface area (Å²) in [4.78, 5) is 34.1. The second kappa shape index (κ2) is 8.11. The molecule has 0 saturated heterocycles. The van der Waals surface area contributed by atoms with E-state index in [0.717, 1.165) is 7.11 Å². The molecule has 1 aromatic carbocycles. The summed E-state index contributed by atoms with van der Waals surface area (Å²) in [6, 6.07) is 5.46. The number of hydrogen-bond donors (Lipinski definition) is 4. The maximum Gasteiger partial charge on any atom is 0.331 e. The number of methoxy groups -OCH3 is 1. The first kappa shape index (κ1) is 17.6. The molecule has 8 nitrogen and oxygen atoms in total. The molecule has 0 radical (unpaired) electrons. The van der Waals surface area contributed by atoms with Crippen molar-refractivity contribution in [2.24, 2.45) is 5.73 Å². The number of ether oxygens (including phenoxy) is 1. The summed E-state index contributed by atoms with van der Waals surface area (Å²) < 4.78 is 4.55. The molecule has 0 aromatic heterocycles. The van der Waals surface area contributed by atoms with Crippen molar-refractivity contribution < 1.29 is 29.3 Å². The zero-order chi connectivity index (χ0) is 16.7. The first-order valence-electron chi connectivity index (χ1n) is 6.45. The topological polar surface area (TPSA) is 139 Å². The number of carboxylic acid groups (broad SMARTS) is 1. The fraction of sp³-hybridized carbons (Fsp3) is 0.357. The molecule has 1 aromatic rings. The van der Waals surface area contributed by atoms with Crippen LogP contribution in [0.15, 0.2) is 30.3 Å². The maximum absolute atomic E-state index is 11.8. The van der Waals surface area contributed by atoms with E-state index in [2.05, 4.69) is 10.1 Å². The van der Waals surface area contributed by atoms with E-state index in [0.29, 0.717) is 5.56 Å². The lowest BCUT2D eigenvalue weighted by Crippen LogP contribution is -2.51. The third kappa shape index (κ3) is 4.83. The second-order valence-electron chi connectivity index (χ2n) is 4.57. The number of carbonyl (C=O) groups excluding carboxylic acids is 2. The van der Waals surface area contributed by atoms with Gasteiger partial charge in [-0.25, -0.2) is 4.79 Å². The molecule has 0 fully saturated rings. The van der Waals surface area contributed by atoms with Crippen molar-refractivity contribution in [2.45, 2.75) is 24.6 Å². The van der Waals surface area contributed by atoms with Crippen molar-refractivity contribution in [2.75, 3.05) is 7.11 Å². The molecule has 0 aliphatic rings. The Bertz CT molecular complexity index is 533. The fourth-order valence-corrected chi connectivity index (χ4v) is 1.78. The average Bonchev–Trinajstić information content (AvgIpc) is 2.51. The fourth-order valence-electron chi connectivity index (χ4n) is 1.78. The first-order valence-corrected chi connectivity index (χ1v) is 6.45. The van der Waals surface area contributed by atoms with Gasteiger partial charge in [-0.05, 0) is 5.56 Å². The van der Waals surface area contributed by atoms with Gasteiger partial charge in [0, 0.05) is 0 Å².